The topological polar surface area (TPSA) is 72.8 Å². The minimum absolute atomic E-state index is 0.0558. The molecule has 0 bridgehead atoms. The van der Waals surface area contributed by atoms with Crippen LogP contribution in [0.3, 0.4) is 0 Å². The number of esters is 2. The molecule has 0 aromatic carbocycles. The molecule has 0 amide bonds. The van der Waals surface area contributed by atoms with Gasteiger partial charge >= 0.3 is 11.9 Å². The molecule has 0 aliphatic rings. The molecule has 0 aliphatic heterocycles. The second-order valence-electron chi connectivity index (χ2n) is 28.9. The maximum Gasteiger partial charge on any atom is 0.306 e. The van der Waals surface area contributed by atoms with E-state index in [1.54, 1.807) is 0 Å². The molecule has 0 saturated carbocycles. The van der Waals surface area contributed by atoms with Crippen molar-refractivity contribution in [2.45, 2.75) is 502 Å². The van der Waals surface area contributed by atoms with E-state index in [9.17, 15) is 14.7 Å². The monoisotopic (exact) mass is 1250 g/mol. The molecule has 1 unspecified atom stereocenters. The molecule has 5 heteroatoms. The van der Waals surface area contributed by atoms with Crippen molar-refractivity contribution in [2.24, 2.45) is 0 Å². The van der Waals surface area contributed by atoms with Gasteiger partial charge in [-0.25, -0.2) is 0 Å². The SMILES string of the molecule is CCCCCCCCCC/C=C\CCCCCCCCCCCCCCCCCCCCCCCCCCCCCCCC(=O)OC(CO)COC(=O)CCCCCCCCCCCCCCCCCCCCCCCCCCCCCCCCCCCC. The van der Waals surface area contributed by atoms with Gasteiger partial charge in [-0.15, -0.1) is 0 Å². The Hall–Kier alpha value is -1.36. The summed E-state index contributed by atoms with van der Waals surface area (Å²) < 4.78 is 10.8. The Bertz CT molecular complexity index is 1330. The van der Waals surface area contributed by atoms with Crippen LogP contribution in [0.15, 0.2) is 12.2 Å². The lowest BCUT2D eigenvalue weighted by molar-refractivity contribution is -0.161. The van der Waals surface area contributed by atoms with Crippen LogP contribution in [0.5, 0.6) is 0 Å². The van der Waals surface area contributed by atoms with Crippen LogP contribution in [0.2, 0.25) is 0 Å². The highest BCUT2D eigenvalue weighted by Crippen LogP contribution is 2.21. The van der Waals surface area contributed by atoms with Gasteiger partial charge in [0, 0.05) is 12.8 Å². The van der Waals surface area contributed by atoms with E-state index in [0.717, 1.165) is 32.1 Å². The summed E-state index contributed by atoms with van der Waals surface area (Å²) in [6.45, 7) is 4.23. The van der Waals surface area contributed by atoms with E-state index in [0.29, 0.717) is 12.8 Å². The van der Waals surface area contributed by atoms with Crippen LogP contribution in [-0.4, -0.2) is 36.4 Å². The minimum atomic E-state index is -0.767. The number of hydrogen-bond donors (Lipinski definition) is 1. The lowest BCUT2D eigenvalue weighted by Gasteiger charge is -2.15. The van der Waals surface area contributed by atoms with E-state index in [4.69, 9.17) is 9.47 Å². The molecule has 89 heavy (non-hydrogen) atoms. The van der Waals surface area contributed by atoms with E-state index in [2.05, 4.69) is 26.0 Å². The van der Waals surface area contributed by atoms with E-state index in [1.807, 2.05) is 0 Å². The van der Waals surface area contributed by atoms with Gasteiger partial charge in [0.2, 0.25) is 0 Å². The van der Waals surface area contributed by atoms with Gasteiger partial charge in [0.25, 0.3) is 0 Å². The first-order chi connectivity index (χ1) is 44.1. The van der Waals surface area contributed by atoms with Gasteiger partial charge in [-0.1, -0.05) is 456 Å². The van der Waals surface area contributed by atoms with Crippen LogP contribution >= 0.6 is 0 Å². The van der Waals surface area contributed by atoms with Crippen LogP contribution in [0.4, 0.5) is 0 Å². The van der Waals surface area contributed by atoms with Crippen LogP contribution < -0.4 is 0 Å². The number of aliphatic hydroxyl groups is 1. The van der Waals surface area contributed by atoms with Crippen LogP contribution in [0.25, 0.3) is 0 Å². The summed E-state index contributed by atoms with van der Waals surface area (Å²) in [6.07, 6.45) is 106. The predicted molar refractivity (Wildman–Crippen MR) is 395 cm³/mol. The van der Waals surface area contributed by atoms with Crippen molar-refractivity contribution in [2.75, 3.05) is 13.2 Å². The van der Waals surface area contributed by atoms with Gasteiger partial charge in [-0.3, -0.25) is 9.59 Å². The molecule has 0 radical (unpaired) electrons. The Kier molecular flexibility index (Phi) is 79.6. The number of carbonyl (C=O) groups excluding carboxylic acids is 2. The Morgan fingerprint density at radius 3 is 0.607 bits per heavy atom. The average molecular weight is 1250 g/mol. The smallest absolute Gasteiger partial charge is 0.306 e. The van der Waals surface area contributed by atoms with Crippen LogP contribution in [-0.2, 0) is 19.1 Å². The van der Waals surface area contributed by atoms with E-state index < -0.39 is 6.10 Å². The summed E-state index contributed by atoms with van der Waals surface area (Å²) in [5.41, 5.74) is 0. The fourth-order valence-electron chi connectivity index (χ4n) is 13.6. The van der Waals surface area contributed by atoms with Crippen LogP contribution in [0.1, 0.15) is 495 Å². The zero-order valence-electron chi connectivity index (χ0n) is 61.3. The normalized spacial score (nSPS) is 12.1. The first-order valence-electron chi connectivity index (χ1n) is 41.7. The largest absolute Gasteiger partial charge is 0.462 e. The highest BCUT2D eigenvalue weighted by atomic mass is 16.6. The molecule has 530 valence electrons. The summed E-state index contributed by atoms with van der Waals surface area (Å²) in [6, 6.07) is 0. The molecule has 0 aromatic rings. The van der Waals surface area contributed by atoms with Crippen molar-refractivity contribution in [3.63, 3.8) is 0 Å². The average Bonchev–Trinajstić information content (AvgIpc) is 3.55. The molecule has 1 atom stereocenters. The Labute approximate surface area is 560 Å². The summed E-state index contributed by atoms with van der Waals surface area (Å²) in [5, 5.41) is 9.73. The third-order valence-electron chi connectivity index (χ3n) is 19.8. The highest BCUT2D eigenvalue weighted by Gasteiger charge is 2.16. The van der Waals surface area contributed by atoms with Gasteiger partial charge in [-0.2, -0.15) is 0 Å². The van der Waals surface area contributed by atoms with E-state index in [1.165, 1.54) is 437 Å². The summed E-state index contributed by atoms with van der Waals surface area (Å²) in [5.74, 6) is -0.556. The quantitative estimate of drug-likeness (QED) is 0.0373. The fourth-order valence-corrected chi connectivity index (χ4v) is 13.6. The van der Waals surface area contributed by atoms with Crippen LogP contribution in [0, 0.1) is 0 Å². The summed E-state index contributed by atoms with van der Waals surface area (Å²) in [4.78, 5) is 24.7. The molecule has 0 aromatic heterocycles. The number of carbonyl (C=O) groups is 2. The first kappa shape index (κ1) is 87.6. The van der Waals surface area contributed by atoms with Gasteiger partial charge in [0.1, 0.15) is 6.61 Å². The molecular weight excluding hydrogens is 1090 g/mol. The predicted octanol–water partition coefficient (Wildman–Crippen LogP) is 29.3. The molecule has 1 N–H and O–H groups in total. The number of ether oxygens (including phenoxy) is 2. The third kappa shape index (κ3) is 79.0. The van der Waals surface area contributed by atoms with Crippen molar-refractivity contribution in [3.05, 3.63) is 12.2 Å². The van der Waals surface area contributed by atoms with Crippen molar-refractivity contribution in [1.82, 2.24) is 0 Å². The Morgan fingerprint density at radius 2 is 0.416 bits per heavy atom. The van der Waals surface area contributed by atoms with Crippen molar-refractivity contribution < 1.29 is 24.2 Å². The Balaban J connectivity index is 3.33. The summed E-state index contributed by atoms with van der Waals surface area (Å²) >= 11 is 0. The molecule has 0 rings (SSSR count). The lowest BCUT2D eigenvalue weighted by Crippen LogP contribution is -2.28. The van der Waals surface area contributed by atoms with Crippen molar-refractivity contribution >= 4 is 11.9 Å². The Morgan fingerprint density at radius 1 is 0.247 bits per heavy atom. The molecule has 0 fully saturated rings. The molecule has 5 nitrogen and oxygen atoms in total. The van der Waals surface area contributed by atoms with Gasteiger partial charge in [0.15, 0.2) is 6.10 Å². The second-order valence-corrected chi connectivity index (χ2v) is 28.9. The first-order valence-corrected chi connectivity index (χ1v) is 41.7. The molecule has 0 spiro atoms. The maximum absolute atomic E-state index is 12.4. The van der Waals surface area contributed by atoms with E-state index >= 15 is 0 Å². The van der Waals surface area contributed by atoms with Crippen molar-refractivity contribution in [3.8, 4) is 0 Å². The third-order valence-corrected chi connectivity index (χ3v) is 19.8. The zero-order valence-corrected chi connectivity index (χ0v) is 61.3. The standard InChI is InChI=1S/C84H164O5/c1-3-5-7-9-11-13-15-17-19-21-23-25-27-29-31-33-35-37-39-40-41-42-43-44-45-47-49-51-53-55-57-59-61-63-65-67-69-71-73-75-77-79-84(87)89-82(80-85)81-88-83(86)78-76-74-72-70-68-66-64-62-60-58-56-54-52-50-48-46-38-36-34-32-30-28-26-24-22-20-18-16-14-12-10-8-6-4-2/h21,23,82,85H,3-20,22,24-81H2,1-2H3/b23-21-. The maximum atomic E-state index is 12.4. The second kappa shape index (κ2) is 80.9. The number of unbranched alkanes of at least 4 members (excludes halogenated alkanes) is 70. The zero-order chi connectivity index (χ0) is 64.0. The van der Waals surface area contributed by atoms with Gasteiger partial charge in [-0.05, 0) is 38.5 Å². The van der Waals surface area contributed by atoms with Gasteiger partial charge in [0.05, 0.1) is 6.61 Å². The number of aliphatic hydroxyl groups excluding tert-OH is 1. The number of allylic oxidation sites excluding steroid dienone is 2. The molecule has 0 heterocycles. The fraction of sp³-hybridized carbons (Fsp3) is 0.952. The summed E-state index contributed by atoms with van der Waals surface area (Å²) in [7, 11) is 0. The molecular formula is C84H164O5. The number of rotatable bonds is 80. The van der Waals surface area contributed by atoms with E-state index in [-0.39, 0.29) is 25.2 Å². The van der Waals surface area contributed by atoms with Gasteiger partial charge < -0.3 is 14.6 Å². The highest BCUT2D eigenvalue weighted by molar-refractivity contribution is 5.70. The minimum Gasteiger partial charge on any atom is -0.462 e. The molecule has 0 saturated heterocycles. The lowest BCUT2D eigenvalue weighted by atomic mass is 10.0. The van der Waals surface area contributed by atoms with Crippen molar-refractivity contribution in [1.29, 1.82) is 0 Å². The number of hydrogen-bond acceptors (Lipinski definition) is 5. The molecule has 0 aliphatic carbocycles.